The number of aryl methyl sites for hydroxylation is 2. The third-order valence-corrected chi connectivity index (χ3v) is 4.75. The Bertz CT molecular complexity index is 872. The number of anilines is 1. The number of hydrogen-bond acceptors (Lipinski definition) is 5. The van der Waals surface area contributed by atoms with Crippen LogP contribution in [0.1, 0.15) is 27.5 Å². The lowest BCUT2D eigenvalue weighted by Gasteiger charge is -2.03. The van der Waals surface area contributed by atoms with Crippen molar-refractivity contribution in [3.63, 3.8) is 0 Å². The molecule has 0 radical (unpaired) electrons. The van der Waals surface area contributed by atoms with Gasteiger partial charge in [-0.2, -0.15) is 0 Å². The van der Waals surface area contributed by atoms with Crippen molar-refractivity contribution in [3.05, 3.63) is 62.1 Å². The summed E-state index contributed by atoms with van der Waals surface area (Å²) in [6.07, 6.45) is 0.766. The van der Waals surface area contributed by atoms with Gasteiger partial charge < -0.3 is 4.42 Å². The number of nitrogens with one attached hydrogen (secondary N) is 1. The Hall–Kier alpha value is -2.18. The molecule has 5 nitrogen and oxygen atoms in total. The van der Waals surface area contributed by atoms with Gasteiger partial charge in [-0.05, 0) is 37.1 Å². The zero-order valence-electron chi connectivity index (χ0n) is 13.3. The highest BCUT2D eigenvalue weighted by Crippen LogP contribution is 2.22. The Labute approximate surface area is 148 Å². The maximum Gasteiger partial charge on any atom is 0.322 e. The van der Waals surface area contributed by atoms with Crippen molar-refractivity contribution in [1.82, 2.24) is 10.2 Å². The van der Waals surface area contributed by atoms with Gasteiger partial charge in [0.2, 0.25) is 11.8 Å². The zero-order chi connectivity index (χ0) is 17.1. The lowest BCUT2D eigenvalue weighted by Crippen LogP contribution is -2.13. The minimum Gasteiger partial charge on any atom is -0.407 e. The van der Waals surface area contributed by atoms with Crippen molar-refractivity contribution in [3.8, 4) is 0 Å². The molecule has 1 N–H and O–H groups in total. The predicted molar refractivity (Wildman–Crippen MR) is 94.7 cm³/mol. The first-order valence-electron chi connectivity index (χ1n) is 7.42. The summed E-state index contributed by atoms with van der Waals surface area (Å²) < 4.78 is 6.17. The maximum atomic E-state index is 12.0. The molecular weight excluding hydrogens is 346 g/mol. The van der Waals surface area contributed by atoms with Gasteiger partial charge >= 0.3 is 6.01 Å². The number of aromatic nitrogens is 2. The topological polar surface area (TPSA) is 68.0 Å². The minimum absolute atomic E-state index is 0.113. The second-order valence-electron chi connectivity index (χ2n) is 5.54. The summed E-state index contributed by atoms with van der Waals surface area (Å²) in [5.41, 5.74) is 3.51. The Morgan fingerprint density at radius 2 is 2.08 bits per heavy atom. The second-order valence-corrected chi connectivity index (χ2v) is 7.34. The molecule has 7 heteroatoms. The van der Waals surface area contributed by atoms with E-state index in [1.54, 1.807) is 6.07 Å². The number of carbonyl (C=O) groups is 1. The molecule has 1 aromatic carbocycles. The lowest BCUT2D eigenvalue weighted by atomic mass is 10.0. The molecule has 0 saturated heterocycles. The average molecular weight is 362 g/mol. The van der Waals surface area contributed by atoms with E-state index < -0.39 is 0 Å². The number of thiophene rings is 1. The van der Waals surface area contributed by atoms with Crippen LogP contribution in [0.4, 0.5) is 6.01 Å². The fourth-order valence-corrected chi connectivity index (χ4v) is 3.44. The maximum absolute atomic E-state index is 12.0. The van der Waals surface area contributed by atoms with Crippen LogP contribution in [0.2, 0.25) is 4.34 Å². The van der Waals surface area contributed by atoms with Crippen LogP contribution in [0.5, 0.6) is 0 Å². The second kappa shape index (κ2) is 7.15. The monoisotopic (exact) mass is 361 g/mol. The largest absolute Gasteiger partial charge is 0.407 e. The Kier molecular flexibility index (Phi) is 4.97. The van der Waals surface area contributed by atoms with E-state index in [9.17, 15) is 4.79 Å². The molecule has 0 aliphatic heterocycles. The van der Waals surface area contributed by atoms with Crippen molar-refractivity contribution >= 4 is 34.9 Å². The fourth-order valence-electron chi connectivity index (χ4n) is 2.35. The first kappa shape index (κ1) is 16.7. The molecule has 0 spiro atoms. The zero-order valence-corrected chi connectivity index (χ0v) is 14.9. The van der Waals surface area contributed by atoms with Gasteiger partial charge in [0.15, 0.2) is 0 Å². The number of halogens is 1. The van der Waals surface area contributed by atoms with Crippen molar-refractivity contribution in [2.75, 3.05) is 5.32 Å². The highest BCUT2D eigenvalue weighted by Gasteiger charge is 2.12. The standard InChI is InChI=1S/C17H16ClN3O2S/c1-10-3-4-12(11(2)7-10)8-16-20-21-17(23-16)19-15(22)9-13-5-6-14(18)24-13/h3-7H,8-9H2,1-2H3,(H,19,21,22). The van der Waals surface area contributed by atoms with Crippen LogP contribution in [0.3, 0.4) is 0 Å². The molecule has 1 amide bonds. The van der Waals surface area contributed by atoms with E-state index in [2.05, 4.69) is 28.5 Å². The van der Waals surface area contributed by atoms with Crippen molar-refractivity contribution < 1.29 is 9.21 Å². The summed E-state index contributed by atoms with van der Waals surface area (Å²) >= 11 is 7.23. The van der Waals surface area contributed by atoms with Gasteiger partial charge in [-0.1, -0.05) is 40.5 Å². The fraction of sp³-hybridized carbons (Fsp3) is 0.235. The van der Waals surface area contributed by atoms with Crippen LogP contribution in [-0.2, 0) is 17.6 Å². The van der Waals surface area contributed by atoms with Gasteiger partial charge in [-0.25, -0.2) is 0 Å². The normalized spacial score (nSPS) is 10.8. The molecule has 0 unspecified atom stereocenters. The van der Waals surface area contributed by atoms with Crippen LogP contribution < -0.4 is 5.32 Å². The van der Waals surface area contributed by atoms with E-state index in [0.717, 1.165) is 10.4 Å². The predicted octanol–water partition coefficient (Wildman–Crippen LogP) is 4.17. The SMILES string of the molecule is Cc1ccc(Cc2nnc(NC(=O)Cc3ccc(Cl)s3)o2)c(C)c1. The molecule has 0 aliphatic carbocycles. The molecule has 0 bridgehead atoms. The molecule has 124 valence electrons. The van der Waals surface area contributed by atoms with E-state index in [1.165, 1.54) is 22.5 Å². The summed E-state index contributed by atoms with van der Waals surface area (Å²) in [4.78, 5) is 12.9. The van der Waals surface area contributed by atoms with Gasteiger partial charge in [0, 0.05) is 4.88 Å². The highest BCUT2D eigenvalue weighted by molar-refractivity contribution is 7.16. The molecule has 2 aromatic heterocycles. The molecule has 0 atom stereocenters. The van der Waals surface area contributed by atoms with Gasteiger partial charge in [-0.3, -0.25) is 10.1 Å². The van der Waals surface area contributed by atoms with Gasteiger partial charge in [0.05, 0.1) is 17.2 Å². The molecule has 3 aromatic rings. The van der Waals surface area contributed by atoms with Crippen LogP contribution in [-0.4, -0.2) is 16.1 Å². The lowest BCUT2D eigenvalue weighted by molar-refractivity contribution is -0.115. The highest BCUT2D eigenvalue weighted by atomic mass is 35.5. The van der Waals surface area contributed by atoms with E-state index in [4.69, 9.17) is 16.0 Å². The summed E-state index contributed by atoms with van der Waals surface area (Å²) in [7, 11) is 0. The molecule has 24 heavy (non-hydrogen) atoms. The molecule has 0 aliphatic rings. The van der Waals surface area contributed by atoms with Crippen LogP contribution in [0.15, 0.2) is 34.7 Å². The summed E-state index contributed by atoms with van der Waals surface area (Å²) in [5.74, 6) is 0.256. The number of benzene rings is 1. The smallest absolute Gasteiger partial charge is 0.322 e. The Balaban J connectivity index is 1.61. The van der Waals surface area contributed by atoms with Crippen molar-refractivity contribution in [2.45, 2.75) is 26.7 Å². The molecule has 0 fully saturated rings. The van der Waals surface area contributed by atoms with Gasteiger partial charge in [0.25, 0.3) is 0 Å². The number of amides is 1. The molecular formula is C17H16ClN3O2S. The molecule has 0 saturated carbocycles. The number of rotatable bonds is 5. The number of nitrogens with zero attached hydrogens (tertiary/aromatic N) is 2. The van der Waals surface area contributed by atoms with E-state index in [0.29, 0.717) is 16.6 Å². The minimum atomic E-state index is -0.213. The van der Waals surface area contributed by atoms with Crippen LogP contribution in [0.25, 0.3) is 0 Å². The Morgan fingerprint density at radius 1 is 1.25 bits per heavy atom. The quantitative estimate of drug-likeness (QED) is 0.740. The Morgan fingerprint density at radius 3 is 2.79 bits per heavy atom. The summed E-state index contributed by atoms with van der Waals surface area (Å²) in [5, 5.41) is 10.5. The van der Waals surface area contributed by atoms with Crippen molar-refractivity contribution in [1.29, 1.82) is 0 Å². The van der Waals surface area contributed by atoms with Crippen LogP contribution >= 0.6 is 22.9 Å². The van der Waals surface area contributed by atoms with Crippen molar-refractivity contribution in [2.24, 2.45) is 0 Å². The molecule has 2 heterocycles. The van der Waals surface area contributed by atoms with E-state index in [1.807, 2.05) is 25.1 Å². The third-order valence-electron chi connectivity index (χ3n) is 3.52. The first-order valence-corrected chi connectivity index (χ1v) is 8.61. The van der Waals surface area contributed by atoms with Gasteiger partial charge in [-0.15, -0.1) is 16.4 Å². The average Bonchev–Trinajstić information content (AvgIpc) is 3.11. The van der Waals surface area contributed by atoms with Crippen LogP contribution in [0, 0.1) is 13.8 Å². The van der Waals surface area contributed by atoms with E-state index in [-0.39, 0.29) is 18.3 Å². The third kappa shape index (κ3) is 4.21. The summed E-state index contributed by atoms with van der Waals surface area (Å²) in [6.45, 7) is 4.10. The first-order chi connectivity index (χ1) is 11.5. The number of carbonyl (C=O) groups excluding carboxylic acids is 1. The van der Waals surface area contributed by atoms with E-state index >= 15 is 0 Å². The number of hydrogen-bond donors (Lipinski definition) is 1. The summed E-state index contributed by atoms with van der Waals surface area (Å²) in [6, 6.07) is 9.92. The molecule has 3 rings (SSSR count). The van der Waals surface area contributed by atoms with Gasteiger partial charge in [0.1, 0.15) is 0 Å².